The average molecular weight is 482 g/mol. The summed E-state index contributed by atoms with van der Waals surface area (Å²) in [7, 11) is 3.28. The van der Waals surface area contributed by atoms with Crippen molar-refractivity contribution in [3.05, 3.63) is 53.1 Å². The van der Waals surface area contributed by atoms with Gasteiger partial charge in [-0.2, -0.15) is 0 Å². The van der Waals surface area contributed by atoms with Crippen molar-refractivity contribution in [3.8, 4) is 11.5 Å². The third-order valence-electron chi connectivity index (χ3n) is 6.39. The first-order valence-electron chi connectivity index (χ1n) is 12.7. The molecule has 0 spiro atoms. The van der Waals surface area contributed by atoms with E-state index >= 15 is 0 Å². The SMILES string of the molecule is CCCCCC(CC(=O)Nc1cc(CCC(C)=O)ccc1C(C)(C)C)c1cccc(OC)c1OC. The minimum Gasteiger partial charge on any atom is -0.493 e. The number of carbonyl (C=O) groups excluding carboxylic acids is 2. The Morgan fingerprint density at radius 1 is 1.03 bits per heavy atom. The first kappa shape index (κ1) is 28.4. The van der Waals surface area contributed by atoms with Crippen LogP contribution in [0.2, 0.25) is 0 Å². The van der Waals surface area contributed by atoms with Crippen LogP contribution in [-0.4, -0.2) is 25.9 Å². The van der Waals surface area contributed by atoms with Gasteiger partial charge in [0.15, 0.2) is 11.5 Å². The number of ketones is 1. The highest BCUT2D eigenvalue weighted by molar-refractivity contribution is 5.92. The quantitative estimate of drug-likeness (QED) is 0.307. The van der Waals surface area contributed by atoms with Gasteiger partial charge in [-0.3, -0.25) is 4.79 Å². The van der Waals surface area contributed by atoms with Crippen molar-refractivity contribution in [3.63, 3.8) is 0 Å². The third-order valence-corrected chi connectivity index (χ3v) is 6.39. The standard InChI is InChI=1S/C30H43NO4/c1-8-9-10-12-23(24-13-11-14-27(34-6)29(24)35-7)20-28(33)31-26-19-22(16-15-21(2)32)17-18-25(26)30(3,4)5/h11,13-14,17-19,23H,8-10,12,15-16,20H2,1-7H3,(H,31,33). The van der Waals surface area contributed by atoms with E-state index in [-0.39, 0.29) is 23.0 Å². The molecule has 5 heteroatoms. The highest BCUT2D eigenvalue weighted by atomic mass is 16.5. The molecule has 0 saturated carbocycles. The minimum atomic E-state index is -0.127. The summed E-state index contributed by atoms with van der Waals surface area (Å²) in [6, 6.07) is 12.0. The van der Waals surface area contributed by atoms with E-state index in [0.29, 0.717) is 30.8 Å². The molecule has 0 bridgehead atoms. The molecule has 0 saturated heterocycles. The summed E-state index contributed by atoms with van der Waals surface area (Å²) < 4.78 is 11.2. The van der Waals surface area contributed by atoms with Crippen LogP contribution in [0.4, 0.5) is 5.69 Å². The number of hydrogen-bond donors (Lipinski definition) is 1. The van der Waals surface area contributed by atoms with Crippen LogP contribution in [0.3, 0.4) is 0 Å². The molecule has 2 rings (SSSR count). The van der Waals surface area contributed by atoms with Crippen molar-refractivity contribution in [2.75, 3.05) is 19.5 Å². The number of anilines is 1. The van der Waals surface area contributed by atoms with Crippen LogP contribution in [0.25, 0.3) is 0 Å². The number of amides is 1. The molecule has 0 fully saturated rings. The second-order valence-corrected chi connectivity index (χ2v) is 10.4. The molecule has 1 N–H and O–H groups in total. The van der Waals surface area contributed by atoms with Gasteiger partial charge in [0.1, 0.15) is 5.78 Å². The first-order valence-corrected chi connectivity index (χ1v) is 12.7. The maximum absolute atomic E-state index is 13.4. The van der Waals surface area contributed by atoms with E-state index in [4.69, 9.17) is 9.47 Å². The molecule has 0 aliphatic rings. The fourth-order valence-electron chi connectivity index (χ4n) is 4.49. The number of benzene rings is 2. The van der Waals surface area contributed by atoms with E-state index in [1.54, 1.807) is 21.1 Å². The molecule has 1 amide bonds. The second kappa shape index (κ2) is 13.3. The van der Waals surface area contributed by atoms with Crippen LogP contribution in [0, 0.1) is 0 Å². The van der Waals surface area contributed by atoms with Gasteiger partial charge < -0.3 is 19.6 Å². The lowest BCUT2D eigenvalue weighted by molar-refractivity contribution is -0.117. The number of aryl methyl sites for hydroxylation is 1. The summed E-state index contributed by atoms with van der Waals surface area (Å²) in [6.45, 7) is 10.2. The van der Waals surface area contributed by atoms with Crippen molar-refractivity contribution in [2.45, 2.75) is 90.9 Å². The van der Waals surface area contributed by atoms with Gasteiger partial charge in [0.2, 0.25) is 5.91 Å². The van der Waals surface area contributed by atoms with Gasteiger partial charge >= 0.3 is 0 Å². The highest BCUT2D eigenvalue weighted by Gasteiger charge is 2.24. The van der Waals surface area contributed by atoms with E-state index in [1.807, 2.05) is 24.3 Å². The zero-order valence-corrected chi connectivity index (χ0v) is 22.6. The topological polar surface area (TPSA) is 64.6 Å². The molecular weight excluding hydrogens is 438 g/mol. The predicted octanol–water partition coefficient (Wildman–Crippen LogP) is 7.22. The summed E-state index contributed by atoms with van der Waals surface area (Å²) in [4.78, 5) is 24.9. The number of Topliss-reactive ketones (excluding diaryl/α,β-unsaturated/α-hetero) is 1. The van der Waals surface area contributed by atoms with Crippen LogP contribution in [-0.2, 0) is 21.4 Å². The number of para-hydroxylation sites is 1. The molecule has 0 aliphatic carbocycles. The van der Waals surface area contributed by atoms with Crippen LogP contribution >= 0.6 is 0 Å². The van der Waals surface area contributed by atoms with Gasteiger partial charge in [0.05, 0.1) is 14.2 Å². The van der Waals surface area contributed by atoms with Gasteiger partial charge in [-0.1, -0.05) is 71.2 Å². The Bertz CT molecular complexity index is 990. The maximum Gasteiger partial charge on any atom is 0.224 e. The van der Waals surface area contributed by atoms with Gasteiger partial charge in [-0.15, -0.1) is 0 Å². The first-order chi connectivity index (χ1) is 16.6. The molecular formula is C30H43NO4. The summed E-state index contributed by atoms with van der Waals surface area (Å²) >= 11 is 0. The molecule has 35 heavy (non-hydrogen) atoms. The van der Waals surface area contributed by atoms with Crippen molar-refractivity contribution in [2.24, 2.45) is 0 Å². The Kier molecular flexibility index (Phi) is 10.8. The van der Waals surface area contributed by atoms with Crippen molar-refractivity contribution in [1.29, 1.82) is 0 Å². The number of carbonyl (C=O) groups is 2. The molecule has 0 aliphatic heterocycles. The van der Waals surface area contributed by atoms with Gasteiger partial charge in [-0.25, -0.2) is 0 Å². The lowest BCUT2D eigenvalue weighted by Gasteiger charge is -2.25. The molecule has 5 nitrogen and oxygen atoms in total. The number of unbranched alkanes of at least 4 members (excludes halogenated alkanes) is 2. The van der Waals surface area contributed by atoms with Crippen molar-refractivity contribution in [1.82, 2.24) is 0 Å². The Balaban J connectivity index is 2.33. The number of nitrogens with one attached hydrogen (secondary N) is 1. The highest BCUT2D eigenvalue weighted by Crippen LogP contribution is 2.39. The summed E-state index contributed by atoms with van der Waals surface area (Å²) in [5.41, 5.74) is 3.84. The molecule has 2 aromatic carbocycles. The molecule has 1 atom stereocenters. The molecule has 0 aromatic heterocycles. The lowest BCUT2D eigenvalue weighted by atomic mass is 9.84. The number of ether oxygens (including phenoxy) is 2. The summed E-state index contributed by atoms with van der Waals surface area (Å²) in [5.74, 6) is 1.54. The van der Waals surface area contributed by atoms with Crippen molar-refractivity contribution < 1.29 is 19.1 Å². The fraction of sp³-hybridized carbons (Fsp3) is 0.533. The molecule has 0 radical (unpaired) electrons. The number of methoxy groups -OCH3 is 2. The smallest absolute Gasteiger partial charge is 0.224 e. The average Bonchev–Trinajstić information content (AvgIpc) is 2.80. The van der Waals surface area contributed by atoms with E-state index in [1.165, 1.54) is 0 Å². The molecule has 192 valence electrons. The van der Waals surface area contributed by atoms with Crippen LogP contribution in [0.15, 0.2) is 36.4 Å². The van der Waals surface area contributed by atoms with Crippen LogP contribution < -0.4 is 14.8 Å². The van der Waals surface area contributed by atoms with E-state index in [2.05, 4.69) is 45.1 Å². The van der Waals surface area contributed by atoms with Crippen LogP contribution in [0.5, 0.6) is 11.5 Å². The second-order valence-electron chi connectivity index (χ2n) is 10.4. The number of rotatable bonds is 13. The van der Waals surface area contributed by atoms with Gasteiger partial charge in [0, 0.05) is 24.1 Å². The van der Waals surface area contributed by atoms with E-state index in [9.17, 15) is 9.59 Å². The van der Waals surface area contributed by atoms with Crippen LogP contribution in [0.1, 0.15) is 95.8 Å². The Morgan fingerprint density at radius 3 is 2.37 bits per heavy atom. The fourth-order valence-corrected chi connectivity index (χ4v) is 4.49. The molecule has 2 aromatic rings. The molecule has 0 heterocycles. The van der Waals surface area contributed by atoms with Crippen molar-refractivity contribution >= 4 is 17.4 Å². The Morgan fingerprint density at radius 2 is 1.77 bits per heavy atom. The Labute approximate surface area is 211 Å². The lowest BCUT2D eigenvalue weighted by Crippen LogP contribution is -2.21. The monoisotopic (exact) mass is 481 g/mol. The Hall–Kier alpha value is -2.82. The maximum atomic E-state index is 13.4. The van der Waals surface area contributed by atoms with E-state index in [0.717, 1.165) is 48.1 Å². The molecule has 1 unspecified atom stereocenters. The normalized spacial score (nSPS) is 12.2. The third kappa shape index (κ3) is 8.41. The zero-order valence-electron chi connectivity index (χ0n) is 22.6. The minimum absolute atomic E-state index is 0.0191. The van der Waals surface area contributed by atoms with Gasteiger partial charge in [0.25, 0.3) is 0 Å². The predicted molar refractivity (Wildman–Crippen MR) is 144 cm³/mol. The zero-order chi connectivity index (χ0) is 26.0. The van der Waals surface area contributed by atoms with Gasteiger partial charge in [-0.05, 0) is 54.4 Å². The number of hydrogen-bond acceptors (Lipinski definition) is 4. The summed E-state index contributed by atoms with van der Waals surface area (Å²) in [6.07, 6.45) is 5.71. The largest absolute Gasteiger partial charge is 0.493 e. The summed E-state index contributed by atoms with van der Waals surface area (Å²) in [5, 5.41) is 3.21. The van der Waals surface area contributed by atoms with E-state index < -0.39 is 0 Å².